The quantitative estimate of drug-likeness (QED) is 0.398. The maximum Gasteiger partial charge on any atom is 0.329 e. The van der Waals surface area contributed by atoms with Gasteiger partial charge in [0.2, 0.25) is 0 Å². The maximum absolute atomic E-state index is 11.9. The highest BCUT2D eigenvalue weighted by Crippen LogP contribution is 2.27. The number of aromatic hydroxyl groups is 1. The molecule has 0 bridgehead atoms. The van der Waals surface area contributed by atoms with Crippen LogP contribution in [0.2, 0.25) is 5.02 Å². The van der Waals surface area contributed by atoms with Crippen LogP contribution in [-0.2, 0) is 9.59 Å². The van der Waals surface area contributed by atoms with E-state index in [-0.39, 0.29) is 5.75 Å². The average molecular weight is 392 g/mol. The Labute approximate surface area is 160 Å². The largest absolute Gasteiger partial charge is 0.504 e. The molecule has 2 aromatic carbocycles. The van der Waals surface area contributed by atoms with Crippen molar-refractivity contribution in [3.05, 3.63) is 47.0 Å². The van der Waals surface area contributed by atoms with Crippen LogP contribution in [0.5, 0.6) is 17.2 Å². The second-order valence-electron chi connectivity index (χ2n) is 5.16. The van der Waals surface area contributed by atoms with Crippen molar-refractivity contribution in [3.8, 4) is 17.2 Å². The fraction of sp³-hybridized carbons (Fsp3) is 0.167. The highest BCUT2D eigenvalue weighted by molar-refractivity contribution is 6.40. The molecule has 3 N–H and O–H groups in total. The third-order valence-electron chi connectivity index (χ3n) is 3.28. The van der Waals surface area contributed by atoms with Gasteiger partial charge in [-0.1, -0.05) is 11.6 Å². The lowest BCUT2D eigenvalue weighted by molar-refractivity contribution is -0.136. The second-order valence-corrected chi connectivity index (χ2v) is 5.57. The molecule has 0 aliphatic heterocycles. The summed E-state index contributed by atoms with van der Waals surface area (Å²) in [5.74, 6) is -1.13. The molecule has 0 fully saturated rings. The molecule has 0 aliphatic carbocycles. The first-order valence-electron chi connectivity index (χ1n) is 7.88. The number of halogens is 1. The van der Waals surface area contributed by atoms with E-state index in [9.17, 15) is 14.7 Å². The van der Waals surface area contributed by atoms with Crippen LogP contribution in [-0.4, -0.2) is 36.9 Å². The van der Waals surface area contributed by atoms with E-state index in [1.165, 1.54) is 25.5 Å². The van der Waals surface area contributed by atoms with Gasteiger partial charge in [0.05, 0.1) is 25.0 Å². The number of amides is 2. The molecule has 2 amide bonds. The lowest BCUT2D eigenvalue weighted by atomic mass is 10.2. The van der Waals surface area contributed by atoms with Crippen molar-refractivity contribution in [3.63, 3.8) is 0 Å². The van der Waals surface area contributed by atoms with Crippen molar-refractivity contribution in [2.75, 3.05) is 19.0 Å². The Morgan fingerprint density at radius 2 is 1.96 bits per heavy atom. The summed E-state index contributed by atoms with van der Waals surface area (Å²) in [6.45, 7) is 2.18. The monoisotopic (exact) mass is 391 g/mol. The molecule has 0 spiro atoms. The van der Waals surface area contributed by atoms with Gasteiger partial charge in [-0.3, -0.25) is 9.59 Å². The molecule has 27 heavy (non-hydrogen) atoms. The van der Waals surface area contributed by atoms with Crippen molar-refractivity contribution in [2.45, 2.75) is 6.92 Å². The predicted molar refractivity (Wildman–Crippen MR) is 102 cm³/mol. The summed E-state index contributed by atoms with van der Waals surface area (Å²) in [6, 6.07) is 9.13. The molecular formula is C18H18ClN3O5. The van der Waals surface area contributed by atoms with Gasteiger partial charge in [0.1, 0.15) is 5.75 Å². The molecule has 2 rings (SSSR count). The molecule has 142 valence electrons. The minimum atomic E-state index is -0.956. The van der Waals surface area contributed by atoms with Crippen LogP contribution in [0.25, 0.3) is 0 Å². The molecule has 0 unspecified atom stereocenters. The highest BCUT2D eigenvalue weighted by Gasteiger charge is 2.13. The lowest BCUT2D eigenvalue weighted by Gasteiger charge is -2.07. The molecule has 9 heteroatoms. The summed E-state index contributed by atoms with van der Waals surface area (Å²) in [5.41, 5.74) is 3.02. The van der Waals surface area contributed by atoms with E-state index in [1.54, 1.807) is 31.2 Å². The number of nitrogens with zero attached hydrogens (tertiary/aromatic N) is 1. The SMILES string of the molecule is CCOc1cc(/C=N\NC(=O)C(=O)Nc2ccc(OC)c(Cl)c2)ccc1O. The van der Waals surface area contributed by atoms with Crippen molar-refractivity contribution in [2.24, 2.45) is 5.10 Å². The summed E-state index contributed by atoms with van der Waals surface area (Å²) in [5, 5.41) is 16.0. The second kappa shape index (κ2) is 9.44. The molecule has 8 nitrogen and oxygen atoms in total. The van der Waals surface area contributed by atoms with Crippen LogP contribution < -0.4 is 20.2 Å². The topological polar surface area (TPSA) is 109 Å². The molecule has 0 saturated carbocycles. The van der Waals surface area contributed by atoms with E-state index in [1.807, 2.05) is 0 Å². The number of carbonyl (C=O) groups excluding carboxylic acids is 2. The molecule has 0 atom stereocenters. The smallest absolute Gasteiger partial charge is 0.329 e. The first kappa shape index (κ1) is 20.1. The molecule has 0 heterocycles. The van der Waals surface area contributed by atoms with Crippen LogP contribution >= 0.6 is 11.6 Å². The first-order valence-corrected chi connectivity index (χ1v) is 8.26. The highest BCUT2D eigenvalue weighted by atomic mass is 35.5. The van der Waals surface area contributed by atoms with Crippen LogP contribution in [0.15, 0.2) is 41.5 Å². The number of methoxy groups -OCH3 is 1. The minimum absolute atomic E-state index is 0.00411. The van der Waals surface area contributed by atoms with Gasteiger partial charge in [-0.05, 0) is 48.9 Å². The zero-order valence-electron chi connectivity index (χ0n) is 14.7. The van der Waals surface area contributed by atoms with Gasteiger partial charge in [-0.15, -0.1) is 0 Å². The number of hydrogen-bond acceptors (Lipinski definition) is 6. The Balaban J connectivity index is 1.94. The van der Waals surface area contributed by atoms with E-state index >= 15 is 0 Å². The van der Waals surface area contributed by atoms with Crippen molar-refractivity contribution in [1.29, 1.82) is 0 Å². The van der Waals surface area contributed by atoms with E-state index in [0.29, 0.717) is 34.4 Å². The number of carbonyl (C=O) groups is 2. The standard InChI is InChI=1S/C18H18ClN3O5/c1-3-27-16-8-11(4-6-14(16)23)10-20-22-18(25)17(24)21-12-5-7-15(26-2)13(19)9-12/h4-10,23H,3H2,1-2H3,(H,21,24)(H,22,25)/b20-10-. The normalized spacial score (nSPS) is 10.5. The number of ether oxygens (including phenoxy) is 2. The van der Waals surface area contributed by atoms with Crippen molar-refractivity contribution < 1.29 is 24.2 Å². The van der Waals surface area contributed by atoms with E-state index < -0.39 is 11.8 Å². The summed E-state index contributed by atoms with van der Waals surface area (Å²) < 4.78 is 10.3. The van der Waals surface area contributed by atoms with Crippen molar-refractivity contribution in [1.82, 2.24) is 5.43 Å². The molecule has 0 aromatic heterocycles. The van der Waals surface area contributed by atoms with E-state index in [2.05, 4.69) is 15.8 Å². The van der Waals surface area contributed by atoms with Crippen LogP contribution in [0.4, 0.5) is 5.69 Å². The fourth-order valence-corrected chi connectivity index (χ4v) is 2.29. The van der Waals surface area contributed by atoms with Crippen LogP contribution in [0, 0.1) is 0 Å². The Hall–Kier alpha value is -3.26. The number of phenolic OH excluding ortho intramolecular Hbond substituents is 1. The number of benzene rings is 2. The van der Waals surface area contributed by atoms with Gasteiger partial charge in [-0.25, -0.2) is 5.43 Å². The van der Waals surface area contributed by atoms with E-state index in [0.717, 1.165) is 0 Å². The summed E-state index contributed by atoms with van der Waals surface area (Å²) in [6.07, 6.45) is 1.32. The van der Waals surface area contributed by atoms with Gasteiger partial charge in [0.25, 0.3) is 0 Å². The first-order chi connectivity index (χ1) is 12.9. The number of phenols is 1. The number of anilines is 1. The summed E-state index contributed by atoms with van der Waals surface area (Å²) in [7, 11) is 1.47. The van der Waals surface area contributed by atoms with Crippen LogP contribution in [0.3, 0.4) is 0 Å². The van der Waals surface area contributed by atoms with E-state index in [4.69, 9.17) is 21.1 Å². The Bertz CT molecular complexity index is 870. The van der Waals surface area contributed by atoms with Crippen molar-refractivity contribution >= 4 is 35.3 Å². The molecule has 0 radical (unpaired) electrons. The molecular weight excluding hydrogens is 374 g/mol. The number of hydrogen-bond donors (Lipinski definition) is 3. The Kier molecular flexibility index (Phi) is 7.01. The third-order valence-corrected chi connectivity index (χ3v) is 3.57. The Morgan fingerprint density at radius 3 is 2.63 bits per heavy atom. The number of nitrogens with one attached hydrogen (secondary N) is 2. The minimum Gasteiger partial charge on any atom is -0.504 e. The van der Waals surface area contributed by atoms with Gasteiger partial charge in [-0.2, -0.15) is 5.10 Å². The number of hydrazone groups is 1. The molecule has 2 aromatic rings. The average Bonchev–Trinajstić information content (AvgIpc) is 2.64. The van der Waals surface area contributed by atoms with Gasteiger partial charge in [0, 0.05) is 5.69 Å². The number of rotatable bonds is 6. The zero-order chi connectivity index (χ0) is 19.8. The predicted octanol–water partition coefficient (Wildman–Crippen LogP) is 2.54. The lowest BCUT2D eigenvalue weighted by Crippen LogP contribution is -2.32. The van der Waals surface area contributed by atoms with Crippen LogP contribution in [0.1, 0.15) is 12.5 Å². The third kappa shape index (κ3) is 5.61. The van der Waals surface area contributed by atoms with Gasteiger partial charge in [0.15, 0.2) is 11.5 Å². The van der Waals surface area contributed by atoms with Gasteiger partial charge < -0.3 is 19.9 Å². The summed E-state index contributed by atoms with van der Waals surface area (Å²) in [4.78, 5) is 23.7. The zero-order valence-corrected chi connectivity index (χ0v) is 15.4. The molecule has 0 aliphatic rings. The summed E-state index contributed by atoms with van der Waals surface area (Å²) >= 11 is 5.96. The van der Waals surface area contributed by atoms with Gasteiger partial charge >= 0.3 is 11.8 Å². The fourth-order valence-electron chi connectivity index (χ4n) is 2.03. The molecule has 0 saturated heterocycles. The Morgan fingerprint density at radius 1 is 1.19 bits per heavy atom. The maximum atomic E-state index is 11.9.